The molecule has 5 heteroatoms. The van der Waals surface area contributed by atoms with Crippen LogP contribution >= 0.6 is 11.6 Å². The Balaban J connectivity index is 5.33. The standard InChI is InChI=1S/C14H23ClN2O2/c1-5-8-9-12(15)16-13(17(6-2)7-3)10-11(4)14(18)19/h9-10H,5-8H2,1-4H3,(H,18,19)/b11-10+,12-9+,16-13-. The Hall–Kier alpha value is -1.29. The van der Waals surface area contributed by atoms with Gasteiger partial charge in [-0.05, 0) is 39.3 Å². The average Bonchev–Trinajstić information content (AvgIpc) is 2.37. The van der Waals surface area contributed by atoms with Gasteiger partial charge >= 0.3 is 5.97 Å². The molecule has 0 spiro atoms. The number of unbranched alkanes of at least 4 members (excludes halogenated alkanes) is 1. The van der Waals surface area contributed by atoms with E-state index in [1.165, 1.54) is 0 Å². The summed E-state index contributed by atoms with van der Waals surface area (Å²) < 4.78 is 0. The molecule has 0 bridgehead atoms. The van der Waals surface area contributed by atoms with Crippen molar-refractivity contribution in [2.75, 3.05) is 13.1 Å². The molecule has 19 heavy (non-hydrogen) atoms. The minimum absolute atomic E-state index is 0.241. The molecule has 0 aromatic rings. The second-order valence-corrected chi connectivity index (χ2v) is 4.48. The highest BCUT2D eigenvalue weighted by Gasteiger charge is 2.09. The Labute approximate surface area is 120 Å². The highest BCUT2D eigenvalue weighted by Crippen LogP contribution is 2.10. The van der Waals surface area contributed by atoms with Crippen LogP contribution in [0.5, 0.6) is 0 Å². The number of amidine groups is 1. The molecular formula is C14H23ClN2O2. The van der Waals surface area contributed by atoms with E-state index in [2.05, 4.69) is 11.9 Å². The Morgan fingerprint density at radius 2 is 1.89 bits per heavy atom. The zero-order valence-corrected chi connectivity index (χ0v) is 12.9. The number of halogens is 1. The van der Waals surface area contributed by atoms with Gasteiger partial charge in [0.2, 0.25) is 0 Å². The zero-order valence-electron chi connectivity index (χ0n) is 12.1. The van der Waals surface area contributed by atoms with Crippen LogP contribution in [0.3, 0.4) is 0 Å². The van der Waals surface area contributed by atoms with Gasteiger partial charge in [-0.2, -0.15) is 0 Å². The summed E-state index contributed by atoms with van der Waals surface area (Å²) in [5.74, 6) is -0.365. The lowest BCUT2D eigenvalue weighted by atomic mass is 10.2. The first-order valence-electron chi connectivity index (χ1n) is 6.57. The van der Waals surface area contributed by atoms with Gasteiger partial charge in [-0.15, -0.1) is 0 Å². The molecule has 0 aromatic heterocycles. The summed E-state index contributed by atoms with van der Waals surface area (Å²) in [7, 11) is 0. The van der Waals surface area contributed by atoms with Gasteiger partial charge in [0.05, 0.1) is 0 Å². The minimum Gasteiger partial charge on any atom is -0.478 e. The fourth-order valence-corrected chi connectivity index (χ4v) is 1.61. The number of carboxylic acid groups (broad SMARTS) is 1. The summed E-state index contributed by atoms with van der Waals surface area (Å²) >= 11 is 6.05. The normalized spacial score (nSPS) is 13.6. The molecule has 0 atom stereocenters. The Kier molecular flexibility index (Phi) is 8.96. The van der Waals surface area contributed by atoms with E-state index >= 15 is 0 Å². The average molecular weight is 287 g/mol. The van der Waals surface area contributed by atoms with E-state index in [1.807, 2.05) is 24.8 Å². The molecule has 0 saturated heterocycles. The van der Waals surface area contributed by atoms with E-state index in [-0.39, 0.29) is 5.57 Å². The molecule has 108 valence electrons. The Bertz CT molecular complexity index is 383. The van der Waals surface area contributed by atoms with Crippen molar-refractivity contribution >= 4 is 23.4 Å². The summed E-state index contributed by atoms with van der Waals surface area (Å²) in [5, 5.41) is 9.35. The molecule has 0 heterocycles. The molecule has 0 saturated carbocycles. The van der Waals surface area contributed by atoms with Crippen LogP contribution in [0.1, 0.15) is 40.5 Å². The van der Waals surface area contributed by atoms with Crippen LogP contribution in [0, 0.1) is 0 Å². The SMILES string of the molecule is CCC/C=C(Cl)/N=C(/C=C(\C)C(=O)O)N(CC)CC. The number of nitrogens with zero attached hydrogens (tertiary/aromatic N) is 2. The van der Waals surface area contributed by atoms with Gasteiger partial charge in [0.15, 0.2) is 0 Å². The Morgan fingerprint density at radius 1 is 1.32 bits per heavy atom. The lowest BCUT2D eigenvalue weighted by molar-refractivity contribution is -0.132. The van der Waals surface area contributed by atoms with Crippen LogP contribution in [-0.2, 0) is 4.79 Å². The second kappa shape index (κ2) is 9.62. The fraction of sp³-hybridized carbons (Fsp3) is 0.571. The first kappa shape index (κ1) is 17.7. The van der Waals surface area contributed by atoms with Crippen molar-refractivity contribution in [1.29, 1.82) is 0 Å². The predicted octanol–water partition coefficient (Wildman–Crippen LogP) is 3.64. The zero-order chi connectivity index (χ0) is 14.8. The van der Waals surface area contributed by atoms with Gasteiger partial charge in [-0.25, -0.2) is 9.79 Å². The third-order valence-electron chi connectivity index (χ3n) is 2.59. The molecule has 0 aliphatic rings. The van der Waals surface area contributed by atoms with Gasteiger partial charge in [0.1, 0.15) is 11.0 Å². The minimum atomic E-state index is -0.950. The molecule has 4 nitrogen and oxygen atoms in total. The van der Waals surface area contributed by atoms with E-state index in [9.17, 15) is 4.79 Å². The van der Waals surface area contributed by atoms with Crippen molar-refractivity contribution in [3.05, 3.63) is 22.9 Å². The van der Waals surface area contributed by atoms with Crippen LogP contribution < -0.4 is 0 Å². The van der Waals surface area contributed by atoms with Crippen LogP contribution in [0.4, 0.5) is 0 Å². The van der Waals surface area contributed by atoms with Crippen molar-refractivity contribution in [1.82, 2.24) is 4.90 Å². The number of allylic oxidation sites excluding steroid dienone is 1. The molecule has 0 fully saturated rings. The number of carboxylic acids is 1. The number of hydrogen-bond acceptors (Lipinski definition) is 2. The van der Waals surface area contributed by atoms with Crippen LogP contribution in [0.2, 0.25) is 0 Å². The van der Waals surface area contributed by atoms with E-state index in [0.29, 0.717) is 11.0 Å². The first-order valence-corrected chi connectivity index (χ1v) is 6.94. The van der Waals surface area contributed by atoms with Crippen LogP contribution in [0.15, 0.2) is 27.9 Å². The molecule has 0 radical (unpaired) electrons. The third-order valence-corrected chi connectivity index (χ3v) is 2.83. The van der Waals surface area contributed by atoms with Crippen LogP contribution in [-0.4, -0.2) is 34.9 Å². The first-order chi connectivity index (χ1) is 8.96. The molecule has 0 aliphatic carbocycles. The largest absolute Gasteiger partial charge is 0.478 e. The van der Waals surface area contributed by atoms with E-state index in [0.717, 1.165) is 25.9 Å². The van der Waals surface area contributed by atoms with Crippen molar-refractivity contribution in [2.45, 2.75) is 40.5 Å². The van der Waals surface area contributed by atoms with Gasteiger partial charge in [0.25, 0.3) is 0 Å². The summed E-state index contributed by atoms with van der Waals surface area (Å²) in [6.07, 6.45) is 5.25. The maximum atomic E-state index is 10.9. The van der Waals surface area contributed by atoms with Gasteiger partial charge in [0, 0.05) is 18.7 Å². The molecular weight excluding hydrogens is 264 g/mol. The third kappa shape index (κ3) is 7.01. The van der Waals surface area contributed by atoms with Gasteiger partial charge in [-0.3, -0.25) is 0 Å². The number of hydrogen-bond donors (Lipinski definition) is 1. The number of likely N-dealkylation sites (N-methyl/N-ethyl adjacent to an activating group) is 1. The van der Waals surface area contributed by atoms with Crippen molar-refractivity contribution in [2.24, 2.45) is 4.99 Å². The lowest BCUT2D eigenvalue weighted by Gasteiger charge is -2.21. The van der Waals surface area contributed by atoms with Crippen molar-refractivity contribution in [3.63, 3.8) is 0 Å². The summed E-state index contributed by atoms with van der Waals surface area (Å²) in [6, 6.07) is 0. The quantitative estimate of drug-likeness (QED) is 0.336. The van der Waals surface area contributed by atoms with Gasteiger partial charge < -0.3 is 10.0 Å². The number of aliphatic imine (C=N–C) groups is 1. The fourth-order valence-electron chi connectivity index (χ4n) is 1.42. The molecule has 0 aromatic carbocycles. The number of carbonyl (C=O) groups is 1. The summed E-state index contributed by atoms with van der Waals surface area (Å²) in [5.41, 5.74) is 0.241. The highest BCUT2D eigenvalue weighted by molar-refractivity contribution is 6.30. The molecule has 1 N–H and O–H groups in total. The second-order valence-electron chi connectivity index (χ2n) is 4.09. The van der Waals surface area contributed by atoms with Crippen molar-refractivity contribution < 1.29 is 9.90 Å². The van der Waals surface area contributed by atoms with Crippen molar-refractivity contribution in [3.8, 4) is 0 Å². The van der Waals surface area contributed by atoms with E-state index in [4.69, 9.17) is 16.7 Å². The molecule has 0 rings (SSSR count). The monoisotopic (exact) mass is 286 g/mol. The molecule has 0 unspecified atom stereocenters. The summed E-state index contributed by atoms with van der Waals surface area (Å²) in [6.45, 7) is 9.09. The highest BCUT2D eigenvalue weighted by atomic mass is 35.5. The maximum Gasteiger partial charge on any atom is 0.331 e. The molecule has 0 aliphatic heterocycles. The topological polar surface area (TPSA) is 52.9 Å². The number of aliphatic carboxylic acids is 1. The molecule has 0 amide bonds. The number of rotatable bonds is 7. The maximum absolute atomic E-state index is 10.9. The summed E-state index contributed by atoms with van der Waals surface area (Å²) in [4.78, 5) is 17.2. The smallest absolute Gasteiger partial charge is 0.331 e. The van der Waals surface area contributed by atoms with E-state index < -0.39 is 5.97 Å². The predicted molar refractivity (Wildman–Crippen MR) is 80.6 cm³/mol. The van der Waals surface area contributed by atoms with Crippen LogP contribution in [0.25, 0.3) is 0 Å². The van der Waals surface area contributed by atoms with Gasteiger partial charge in [-0.1, -0.05) is 24.9 Å². The Morgan fingerprint density at radius 3 is 2.32 bits per heavy atom. The van der Waals surface area contributed by atoms with E-state index in [1.54, 1.807) is 13.0 Å². The lowest BCUT2D eigenvalue weighted by Crippen LogP contribution is -2.29.